The molecule has 0 spiro atoms. The summed E-state index contributed by atoms with van der Waals surface area (Å²) in [7, 11) is 0. The fraction of sp³-hybridized carbons (Fsp3) is 0.0526. The molecule has 0 N–H and O–H groups in total. The predicted molar refractivity (Wildman–Crippen MR) is 86.4 cm³/mol. The van der Waals surface area contributed by atoms with Gasteiger partial charge in [-0.05, 0) is 23.8 Å². The lowest BCUT2D eigenvalue weighted by atomic mass is 10.1. The molecule has 0 amide bonds. The van der Waals surface area contributed by atoms with E-state index >= 15 is 0 Å². The molecule has 23 heavy (non-hydrogen) atoms. The highest BCUT2D eigenvalue weighted by molar-refractivity contribution is 5.60. The van der Waals surface area contributed by atoms with E-state index in [1.165, 1.54) is 16.7 Å². The molecule has 0 fully saturated rings. The summed E-state index contributed by atoms with van der Waals surface area (Å²) in [6.45, 7) is 0.0747. The number of rotatable bonds is 3. The highest BCUT2D eigenvalue weighted by atomic mass is 19.1. The third-order valence-corrected chi connectivity index (χ3v) is 3.65. The van der Waals surface area contributed by atoms with E-state index in [0.29, 0.717) is 11.3 Å². The first-order chi connectivity index (χ1) is 11.2. The SMILES string of the molecule is N#Cc1ccc(-c2ccccc2)n(Cc2ccccc2F)c1=O. The van der Waals surface area contributed by atoms with Gasteiger partial charge < -0.3 is 4.57 Å². The topological polar surface area (TPSA) is 45.8 Å². The van der Waals surface area contributed by atoms with Crippen LogP contribution in [0, 0.1) is 17.1 Å². The minimum Gasteiger partial charge on any atom is -0.303 e. The minimum absolute atomic E-state index is 0.0426. The lowest BCUT2D eigenvalue weighted by molar-refractivity contribution is 0.597. The molecule has 0 aliphatic carbocycles. The molecule has 1 aromatic heterocycles. The minimum atomic E-state index is -0.419. The van der Waals surface area contributed by atoms with E-state index in [9.17, 15) is 9.18 Å². The van der Waals surface area contributed by atoms with Gasteiger partial charge >= 0.3 is 0 Å². The Bertz CT molecular complexity index is 940. The van der Waals surface area contributed by atoms with E-state index < -0.39 is 5.56 Å². The third-order valence-electron chi connectivity index (χ3n) is 3.65. The standard InChI is InChI=1S/C19H13FN2O/c20-17-9-5-4-8-16(17)13-22-18(14-6-2-1-3-7-14)11-10-15(12-21)19(22)23/h1-11H,13H2. The van der Waals surface area contributed by atoms with Crippen molar-refractivity contribution >= 4 is 0 Å². The smallest absolute Gasteiger partial charge is 0.269 e. The number of hydrogen-bond donors (Lipinski definition) is 0. The van der Waals surface area contributed by atoms with Crippen LogP contribution in [0.15, 0.2) is 71.5 Å². The molecule has 0 radical (unpaired) electrons. The van der Waals surface area contributed by atoms with Gasteiger partial charge in [0.25, 0.3) is 5.56 Å². The number of aromatic nitrogens is 1. The van der Waals surface area contributed by atoms with Crippen LogP contribution in [0.4, 0.5) is 4.39 Å². The maximum Gasteiger partial charge on any atom is 0.269 e. The van der Waals surface area contributed by atoms with E-state index in [2.05, 4.69) is 0 Å². The molecular formula is C19H13FN2O. The number of benzene rings is 2. The Morgan fingerprint density at radius 3 is 2.35 bits per heavy atom. The van der Waals surface area contributed by atoms with Crippen LogP contribution in [0.5, 0.6) is 0 Å². The third kappa shape index (κ3) is 2.90. The van der Waals surface area contributed by atoms with E-state index in [1.807, 2.05) is 36.4 Å². The second kappa shape index (κ2) is 6.29. The van der Waals surface area contributed by atoms with Crippen molar-refractivity contribution < 1.29 is 4.39 Å². The maximum absolute atomic E-state index is 13.9. The number of pyridine rings is 1. The molecule has 3 nitrogen and oxygen atoms in total. The molecule has 0 aliphatic heterocycles. The second-order valence-corrected chi connectivity index (χ2v) is 5.09. The van der Waals surface area contributed by atoms with Gasteiger partial charge in [-0.25, -0.2) is 4.39 Å². The molecular weight excluding hydrogens is 291 g/mol. The van der Waals surface area contributed by atoms with Crippen molar-refractivity contribution in [3.05, 3.63) is 94.0 Å². The summed E-state index contributed by atoms with van der Waals surface area (Å²) < 4.78 is 15.4. The highest BCUT2D eigenvalue weighted by Crippen LogP contribution is 2.19. The fourth-order valence-electron chi connectivity index (χ4n) is 2.48. The monoisotopic (exact) mass is 304 g/mol. The summed E-state index contributed by atoms with van der Waals surface area (Å²) in [6.07, 6.45) is 0. The Labute approximate surface area is 132 Å². The largest absolute Gasteiger partial charge is 0.303 e. The van der Waals surface area contributed by atoms with E-state index in [0.717, 1.165) is 5.56 Å². The predicted octanol–water partition coefficient (Wildman–Crippen LogP) is 3.57. The molecule has 0 atom stereocenters. The van der Waals surface area contributed by atoms with Crippen LogP contribution >= 0.6 is 0 Å². The van der Waals surface area contributed by atoms with Crippen molar-refractivity contribution in [3.8, 4) is 17.3 Å². The van der Waals surface area contributed by atoms with Crippen LogP contribution in [0.3, 0.4) is 0 Å². The molecule has 112 valence electrons. The lowest BCUT2D eigenvalue weighted by Gasteiger charge is -2.14. The average molecular weight is 304 g/mol. The molecule has 0 bridgehead atoms. The molecule has 3 aromatic rings. The molecule has 0 aliphatic rings. The van der Waals surface area contributed by atoms with Crippen molar-refractivity contribution in [2.24, 2.45) is 0 Å². The van der Waals surface area contributed by atoms with Crippen LogP contribution in [-0.4, -0.2) is 4.57 Å². The van der Waals surface area contributed by atoms with Gasteiger partial charge in [0.1, 0.15) is 17.4 Å². The quantitative estimate of drug-likeness (QED) is 0.742. The molecule has 0 unspecified atom stereocenters. The van der Waals surface area contributed by atoms with Crippen LogP contribution in [-0.2, 0) is 6.54 Å². The van der Waals surface area contributed by atoms with Gasteiger partial charge in [-0.3, -0.25) is 4.79 Å². The molecule has 0 saturated heterocycles. The first kappa shape index (κ1) is 14.7. The van der Waals surface area contributed by atoms with E-state index in [1.54, 1.807) is 24.3 Å². The van der Waals surface area contributed by atoms with Crippen molar-refractivity contribution in [2.45, 2.75) is 6.54 Å². The van der Waals surface area contributed by atoms with Gasteiger partial charge in [0.2, 0.25) is 0 Å². The number of hydrogen-bond acceptors (Lipinski definition) is 2. The normalized spacial score (nSPS) is 10.3. The Morgan fingerprint density at radius 1 is 0.957 bits per heavy atom. The fourth-order valence-corrected chi connectivity index (χ4v) is 2.48. The average Bonchev–Trinajstić information content (AvgIpc) is 2.59. The molecule has 2 aromatic carbocycles. The molecule has 3 rings (SSSR count). The van der Waals surface area contributed by atoms with Gasteiger partial charge in [-0.1, -0.05) is 48.5 Å². The lowest BCUT2D eigenvalue weighted by Crippen LogP contribution is -2.25. The van der Waals surface area contributed by atoms with Crippen molar-refractivity contribution in [2.75, 3.05) is 0 Å². The second-order valence-electron chi connectivity index (χ2n) is 5.09. The summed E-state index contributed by atoms with van der Waals surface area (Å²) in [5.74, 6) is -0.374. The number of nitriles is 1. The van der Waals surface area contributed by atoms with Crippen molar-refractivity contribution in [1.82, 2.24) is 4.57 Å². The molecule has 0 saturated carbocycles. The highest BCUT2D eigenvalue weighted by Gasteiger charge is 2.12. The number of nitrogens with zero attached hydrogens (tertiary/aromatic N) is 2. The Morgan fingerprint density at radius 2 is 1.65 bits per heavy atom. The Hall–Kier alpha value is -3.19. The van der Waals surface area contributed by atoms with Gasteiger partial charge in [-0.2, -0.15) is 5.26 Å². The zero-order chi connectivity index (χ0) is 16.2. The van der Waals surface area contributed by atoms with Gasteiger partial charge in [0.15, 0.2) is 0 Å². The Balaban J connectivity index is 2.19. The van der Waals surface area contributed by atoms with E-state index in [4.69, 9.17) is 5.26 Å². The first-order valence-electron chi connectivity index (χ1n) is 7.13. The van der Waals surface area contributed by atoms with Crippen molar-refractivity contribution in [3.63, 3.8) is 0 Å². The molecule has 4 heteroatoms. The van der Waals surface area contributed by atoms with Gasteiger partial charge in [-0.15, -0.1) is 0 Å². The summed E-state index contributed by atoms with van der Waals surface area (Å²) >= 11 is 0. The van der Waals surface area contributed by atoms with E-state index in [-0.39, 0.29) is 17.9 Å². The summed E-state index contributed by atoms with van der Waals surface area (Å²) in [4.78, 5) is 12.5. The van der Waals surface area contributed by atoms with Gasteiger partial charge in [0.05, 0.1) is 12.2 Å². The van der Waals surface area contributed by atoms with Gasteiger partial charge in [0, 0.05) is 5.56 Å². The summed E-state index contributed by atoms with van der Waals surface area (Å²) in [5, 5.41) is 9.09. The maximum atomic E-state index is 13.9. The Kier molecular flexibility index (Phi) is 4.03. The van der Waals surface area contributed by atoms with Crippen LogP contribution in [0.25, 0.3) is 11.3 Å². The summed E-state index contributed by atoms with van der Waals surface area (Å²) in [6, 6.07) is 20.8. The zero-order valence-corrected chi connectivity index (χ0v) is 12.2. The zero-order valence-electron chi connectivity index (χ0n) is 12.2. The summed E-state index contributed by atoms with van der Waals surface area (Å²) in [5.41, 5.74) is 1.52. The van der Waals surface area contributed by atoms with Crippen LogP contribution in [0.1, 0.15) is 11.1 Å². The van der Waals surface area contributed by atoms with Crippen LogP contribution in [0.2, 0.25) is 0 Å². The molecule has 1 heterocycles. The van der Waals surface area contributed by atoms with Crippen molar-refractivity contribution in [1.29, 1.82) is 5.26 Å². The number of halogens is 1. The van der Waals surface area contributed by atoms with Crippen LogP contribution < -0.4 is 5.56 Å². The first-order valence-corrected chi connectivity index (χ1v) is 7.13.